The van der Waals surface area contributed by atoms with E-state index in [1.807, 2.05) is 23.1 Å². The zero-order chi connectivity index (χ0) is 27.5. The zero-order valence-electron chi connectivity index (χ0n) is 21.3. The molecule has 2 aliphatic heterocycles. The van der Waals surface area contributed by atoms with Crippen molar-refractivity contribution in [2.45, 2.75) is 31.9 Å². The molecule has 0 aliphatic carbocycles. The van der Waals surface area contributed by atoms with Crippen LogP contribution in [0.25, 0.3) is 0 Å². The van der Waals surface area contributed by atoms with Crippen LogP contribution in [0, 0.1) is 6.92 Å². The Labute approximate surface area is 230 Å². The van der Waals surface area contributed by atoms with Gasteiger partial charge in [0.05, 0.1) is 25.8 Å². The summed E-state index contributed by atoms with van der Waals surface area (Å²) in [4.78, 5) is 36.3. The number of ether oxygens (including phenoxy) is 2. The predicted molar refractivity (Wildman–Crippen MR) is 145 cm³/mol. The maximum atomic E-state index is 12.9. The zero-order valence-corrected chi connectivity index (χ0v) is 22.9. The fourth-order valence-electron chi connectivity index (χ4n) is 4.37. The number of morpholine rings is 1. The van der Waals surface area contributed by atoms with Crippen LogP contribution in [0.15, 0.2) is 65.2 Å². The van der Waals surface area contributed by atoms with Crippen LogP contribution >= 0.6 is 15.9 Å². The van der Waals surface area contributed by atoms with Crippen LogP contribution in [-0.2, 0) is 25.5 Å². The first-order chi connectivity index (χ1) is 18.2. The number of amides is 1. The number of hydrogen-bond donors (Lipinski definition) is 2. The van der Waals surface area contributed by atoms with Crippen LogP contribution in [0.4, 0.5) is 4.79 Å². The number of aliphatic carboxylic acids is 2. The number of carbonyl (C=O) groups is 3. The molecule has 38 heavy (non-hydrogen) atoms. The molecule has 204 valence electrons. The molecule has 2 saturated heterocycles. The standard InChI is InChI=1S/C24H29BrN2O3.C4H4O4/c1-18-6-8-19(9-7-18)23(10-11-26-12-14-29-15-13-26)27-17-21(30-24(27)28)16-20-4-2-3-5-22(20)25;5-3(6)1-2-4(7)8/h2-9,21,23H,10-17H2,1H3;1-2H,(H,5,6)(H,7,8). The third kappa shape index (κ3) is 9.27. The first-order valence-corrected chi connectivity index (χ1v) is 13.2. The van der Waals surface area contributed by atoms with Crippen molar-refractivity contribution in [3.63, 3.8) is 0 Å². The van der Waals surface area contributed by atoms with Gasteiger partial charge in [-0.05, 0) is 30.5 Å². The Hall–Kier alpha value is -3.21. The molecule has 2 fully saturated rings. The molecule has 2 aromatic carbocycles. The third-order valence-corrected chi connectivity index (χ3v) is 7.11. The number of rotatable bonds is 9. The first-order valence-electron chi connectivity index (χ1n) is 12.4. The molecule has 0 spiro atoms. The largest absolute Gasteiger partial charge is 0.478 e. The Morgan fingerprint density at radius 1 is 1.05 bits per heavy atom. The van der Waals surface area contributed by atoms with E-state index in [1.54, 1.807) is 0 Å². The quantitative estimate of drug-likeness (QED) is 0.416. The highest BCUT2D eigenvalue weighted by Crippen LogP contribution is 2.31. The fourth-order valence-corrected chi connectivity index (χ4v) is 4.82. The maximum Gasteiger partial charge on any atom is 0.410 e. The number of hydrogen-bond acceptors (Lipinski definition) is 6. The van der Waals surface area contributed by atoms with E-state index >= 15 is 0 Å². The van der Waals surface area contributed by atoms with Crippen LogP contribution < -0.4 is 0 Å². The fraction of sp³-hybridized carbons (Fsp3) is 0.393. The maximum absolute atomic E-state index is 12.9. The minimum Gasteiger partial charge on any atom is -0.478 e. The molecule has 2 aliphatic rings. The minimum absolute atomic E-state index is 0.0187. The van der Waals surface area contributed by atoms with E-state index in [2.05, 4.69) is 58.1 Å². The van der Waals surface area contributed by atoms with Gasteiger partial charge in [-0.2, -0.15) is 0 Å². The van der Waals surface area contributed by atoms with Crippen molar-refractivity contribution >= 4 is 34.0 Å². The molecule has 0 aromatic heterocycles. The van der Waals surface area contributed by atoms with Crippen molar-refractivity contribution in [2.24, 2.45) is 0 Å². The number of carboxylic acids is 2. The number of aryl methyl sites for hydroxylation is 1. The van der Waals surface area contributed by atoms with Gasteiger partial charge in [0.1, 0.15) is 6.10 Å². The number of halogens is 1. The Morgan fingerprint density at radius 3 is 2.29 bits per heavy atom. The summed E-state index contributed by atoms with van der Waals surface area (Å²) in [6.07, 6.45) is 2.38. The molecule has 2 aromatic rings. The van der Waals surface area contributed by atoms with Crippen molar-refractivity contribution in [2.75, 3.05) is 39.4 Å². The van der Waals surface area contributed by atoms with E-state index in [0.29, 0.717) is 25.1 Å². The Morgan fingerprint density at radius 2 is 1.68 bits per heavy atom. The summed E-state index contributed by atoms with van der Waals surface area (Å²) >= 11 is 3.61. The molecule has 0 bridgehead atoms. The van der Waals surface area contributed by atoms with E-state index in [1.165, 1.54) is 11.1 Å². The molecular weight excluding hydrogens is 556 g/mol. The molecule has 10 heteroatoms. The lowest BCUT2D eigenvalue weighted by atomic mass is 10.00. The number of carbonyl (C=O) groups excluding carboxylic acids is 1. The third-order valence-electron chi connectivity index (χ3n) is 6.34. The summed E-state index contributed by atoms with van der Waals surface area (Å²) in [7, 11) is 0. The van der Waals surface area contributed by atoms with E-state index in [4.69, 9.17) is 19.7 Å². The molecular formula is C28H33BrN2O7. The number of carboxylic acid groups (broad SMARTS) is 2. The van der Waals surface area contributed by atoms with Crippen LogP contribution in [0.1, 0.15) is 29.2 Å². The minimum atomic E-state index is -1.26. The van der Waals surface area contributed by atoms with Crippen molar-refractivity contribution in [3.05, 3.63) is 81.8 Å². The van der Waals surface area contributed by atoms with Gasteiger partial charge in [0, 0.05) is 42.7 Å². The molecule has 2 heterocycles. The van der Waals surface area contributed by atoms with Crippen LogP contribution in [0.5, 0.6) is 0 Å². The van der Waals surface area contributed by atoms with E-state index in [0.717, 1.165) is 49.3 Å². The lowest BCUT2D eigenvalue weighted by Gasteiger charge is -2.31. The molecule has 1 amide bonds. The molecule has 2 unspecified atom stereocenters. The monoisotopic (exact) mass is 588 g/mol. The Kier molecular flexibility index (Phi) is 11.3. The average molecular weight is 589 g/mol. The van der Waals surface area contributed by atoms with Crippen molar-refractivity contribution in [1.82, 2.24) is 9.80 Å². The summed E-state index contributed by atoms with van der Waals surface area (Å²) < 4.78 is 12.3. The normalized spacial score (nSPS) is 18.5. The highest BCUT2D eigenvalue weighted by Gasteiger charge is 2.37. The highest BCUT2D eigenvalue weighted by molar-refractivity contribution is 9.10. The summed E-state index contributed by atoms with van der Waals surface area (Å²) in [5, 5.41) is 15.6. The van der Waals surface area contributed by atoms with Gasteiger partial charge in [-0.3, -0.25) is 9.80 Å². The average Bonchev–Trinajstić information content (AvgIpc) is 3.26. The van der Waals surface area contributed by atoms with Gasteiger partial charge in [0.15, 0.2) is 0 Å². The van der Waals surface area contributed by atoms with Crippen LogP contribution in [0.2, 0.25) is 0 Å². The highest BCUT2D eigenvalue weighted by atomic mass is 79.9. The van der Waals surface area contributed by atoms with Gasteiger partial charge in [-0.25, -0.2) is 14.4 Å². The molecule has 9 nitrogen and oxygen atoms in total. The second kappa shape index (κ2) is 14.7. The van der Waals surface area contributed by atoms with E-state index in [-0.39, 0.29) is 18.2 Å². The number of nitrogens with zero attached hydrogens (tertiary/aromatic N) is 2. The first kappa shape index (κ1) is 29.3. The van der Waals surface area contributed by atoms with E-state index < -0.39 is 11.9 Å². The number of cyclic esters (lactones) is 1. The molecule has 2 atom stereocenters. The van der Waals surface area contributed by atoms with Crippen molar-refractivity contribution in [3.8, 4) is 0 Å². The van der Waals surface area contributed by atoms with Crippen molar-refractivity contribution in [1.29, 1.82) is 0 Å². The van der Waals surface area contributed by atoms with Gasteiger partial charge < -0.3 is 19.7 Å². The predicted octanol–water partition coefficient (Wildman–Crippen LogP) is 4.30. The molecule has 0 saturated carbocycles. The molecule has 0 radical (unpaired) electrons. The van der Waals surface area contributed by atoms with Gasteiger partial charge in [0.25, 0.3) is 0 Å². The van der Waals surface area contributed by atoms with Crippen molar-refractivity contribution < 1.29 is 34.1 Å². The summed E-state index contributed by atoms with van der Waals surface area (Å²) in [6.45, 7) is 7.13. The van der Waals surface area contributed by atoms with Gasteiger partial charge in [0.2, 0.25) is 0 Å². The Bertz CT molecular complexity index is 1100. The van der Waals surface area contributed by atoms with Gasteiger partial charge in [-0.15, -0.1) is 0 Å². The summed E-state index contributed by atoms with van der Waals surface area (Å²) in [6, 6.07) is 16.7. The van der Waals surface area contributed by atoms with Gasteiger partial charge in [-0.1, -0.05) is 64.0 Å². The lowest BCUT2D eigenvalue weighted by Crippen LogP contribution is -2.39. The van der Waals surface area contributed by atoms with Crippen LogP contribution in [0.3, 0.4) is 0 Å². The lowest BCUT2D eigenvalue weighted by molar-refractivity contribution is -0.134. The number of benzene rings is 2. The second-order valence-corrected chi connectivity index (χ2v) is 9.99. The van der Waals surface area contributed by atoms with Crippen LogP contribution in [-0.4, -0.2) is 83.5 Å². The van der Waals surface area contributed by atoms with E-state index in [9.17, 15) is 14.4 Å². The summed E-state index contributed by atoms with van der Waals surface area (Å²) in [5.41, 5.74) is 3.56. The Balaban J connectivity index is 0.000000436. The smallest absolute Gasteiger partial charge is 0.410 e. The SMILES string of the molecule is Cc1ccc(C(CCN2CCOCC2)N2CC(Cc3ccccc3Br)OC2=O)cc1.O=C(O)C=CC(=O)O. The second-order valence-electron chi connectivity index (χ2n) is 9.13. The topological polar surface area (TPSA) is 117 Å². The molecule has 2 N–H and O–H groups in total. The van der Waals surface area contributed by atoms with Gasteiger partial charge >= 0.3 is 18.0 Å². The molecule has 4 rings (SSSR count). The summed E-state index contributed by atoms with van der Waals surface area (Å²) in [5.74, 6) is -2.51.